The van der Waals surface area contributed by atoms with Gasteiger partial charge in [0.05, 0.1) is 32.0 Å². The zero-order valence-corrected chi connectivity index (χ0v) is 19.3. The maximum absolute atomic E-state index is 12.8. The van der Waals surface area contributed by atoms with E-state index < -0.39 is 55.8 Å². The minimum atomic E-state index is -3.79. The molecule has 0 saturated carbocycles. The zero-order valence-electron chi connectivity index (χ0n) is 18.5. The number of carbonyl (C=O) groups excluding carboxylic acids is 2. The Morgan fingerprint density at radius 3 is 1.57 bits per heavy atom. The van der Waals surface area contributed by atoms with Gasteiger partial charge in [-0.15, -0.1) is 0 Å². The van der Waals surface area contributed by atoms with Crippen molar-refractivity contribution in [3.63, 3.8) is 0 Å². The number of aromatic carboxylic acids is 2. The summed E-state index contributed by atoms with van der Waals surface area (Å²) in [4.78, 5) is 48.2. The van der Waals surface area contributed by atoms with Gasteiger partial charge in [-0.3, -0.25) is 9.59 Å². The first kappa shape index (κ1) is 25.1. The molecule has 35 heavy (non-hydrogen) atoms. The highest BCUT2D eigenvalue weighted by atomic mass is 32.2. The third-order valence-electron chi connectivity index (χ3n) is 5.09. The van der Waals surface area contributed by atoms with E-state index in [0.29, 0.717) is 0 Å². The fourth-order valence-corrected chi connectivity index (χ4v) is 4.49. The number of carbonyl (C=O) groups is 4. The van der Waals surface area contributed by atoms with Gasteiger partial charge in [-0.1, -0.05) is 17.7 Å². The van der Waals surface area contributed by atoms with Crippen LogP contribution in [0.15, 0.2) is 70.5 Å². The molecule has 0 aliphatic heterocycles. The number of aryl methyl sites for hydroxylation is 1. The van der Waals surface area contributed by atoms with Gasteiger partial charge in [0, 0.05) is 12.7 Å². The first-order chi connectivity index (χ1) is 16.4. The van der Waals surface area contributed by atoms with Crippen LogP contribution in [0, 0.1) is 6.92 Å². The molecule has 180 valence electrons. The predicted molar refractivity (Wildman–Crippen MR) is 125 cm³/mol. The molecule has 0 aliphatic carbocycles. The first-order valence-corrected chi connectivity index (χ1v) is 11.5. The second-order valence-electron chi connectivity index (χ2n) is 7.43. The first-order valence-electron chi connectivity index (χ1n) is 10.1. The van der Waals surface area contributed by atoms with Crippen LogP contribution in [0.25, 0.3) is 0 Å². The minimum Gasteiger partial charge on any atom is -0.478 e. The number of hydrogen-bond acceptors (Lipinski definition) is 6. The number of anilines is 1. The van der Waals surface area contributed by atoms with Crippen molar-refractivity contribution in [3.8, 4) is 0 Å². The number of hydrogen-bond donors (Lipinski definition) is 4. The van der Waals surface area contributed by atoms with Crippen LogP contribution in [0.3, 0.4) is 0 Å². The van der Waals surface area contributed by atoms with E-state index in [1.807, 2.05) is 6.92 Å². The van der Waals surface area contributed by atoms with E-state index in [4.69, 9.17) is 0 Å². The molecule has 0 bridgehead atoms. The van der Waals surface area contributed by atoms with E-state index in [2.05, 4.69) is 10.6 Å². The largest absolute Gasteiger partial charge is 0.478 e. The van der Waals surface area contributed by atoms with Gasteiger partial charge in [-0.05, 0) is 55.5 Å². The summed E-state index contributed by atoms with van der Waals surface area (Å²) in [5.74, 6) is -4.86. The second-order valence-corrected chi connectivity index (χ2v) is 9.38. The Labute approximate surface area is 200 Å². The second kappa shape index (κ2) is 9.77. The van der Waals surface area contributed by atoms with Crippen LogP contribution >= 0.6 is 0 Å². The predicted octanol–water partition coefficient (Wildman–Crippen LogP) is 2.84. The molecule has 10 nitrogen and oxygen atoms in total. The molecule has 0 aromatic heterocycles. The molecule has 0 fully saturated rings. The molecule has 2 amide bonds. The summed E-state index contributed by atoms with van der Waals surface area (Å²) < 4.78 is 25.6. The topological polar surface area (TPSA) is 167 Å². The molecular formula is C24H20N2O8S. The lowest BCUT2D eigenvalue weighted by molar-refractivity contribution is 0.0689. The Hall–Kier alpha value is -4.51. The van der Waals surface area contributed by atoms with E-state index in [1.165, 1.54) is 43.4 Å². The fraction of sp³-hybridized carbons (Fsp3) is 0.0833. The molecular weight excluding hydrogens is 476 g/mol. The highest BCUT2D eigenvalue weighted by Crippen LogP contribution is 2.24. The molecule has 0 radical (unpaired) electrons. The van der Waals surface area contributed by atoms with E-state index in [0.717, 1.165) is 17.7 Å². The minimum absolute atomic E-state index is 0.0155. The lowest BCUT2D eigenvalue weighted by Gasteiger charge is -2.12. The molecule has 0 atom stereocenters. The van der Waals surface area contributed by atoms with E-state index in [-0.39, 0.29) is 15.5 Å². The van der Waals surface area contributed by atoms with Gasteiger partial charge in [-0.25, -0.2) is 18.0 Å². The van der Waals surface area contributed by atoms with Crippen LogP contribution < -0.4 is 10.6 Å². The summed E-state index contributed by atoms with van der Waals surface area (Å²) in [6.07, 6.45) is 0. The van der Waals surface area contributed by atoms with Gasteiger partial charge < -0.3 is 20.8 Å². The number of nitrogens with one attached hydrogen (secondary N) is 2. The van der Waals surface area contributed by atoms with Crippen molar-refractivity contribution in [2.24, 2.45) is 0 Å². The lowest BCUT2D eigenvalue weighted by atomic mass is 9.97. The van der Waals surface area contributed by atoms with E-state index in [1.54, 1.807) is 12.1 Å². The summed E-state index contributed by atoms with van der Waals surface area (Å²) in [6.45, 7) is 1.83. The van der Waals surface area contributed by atoms with Crippen molar-refractivity contribution in [2.45, 2.75) is 16.7 Å². The number of rotatable bonds is 7. The molecule has 0 spiro atoms. The Bertz CT molecular complexity index is 1440. The highest BCUT2D eigenvalue weighted by Gasteiger charge is 2.25. The normalized spacial score (nSPS) is 10.9. The van der Waals surface area contributed by atoms with Gasteiger partial charge in [0.2, 0.25) is 9.84 Å². The van der Waals surface area contributed by atoms with Crippen molar-refractivity contribution in [1.82, 2.24) is 5.32 Å². The van der Waals surface area contributed by atoms with Crippen molar-refractivity contribution < 1.29 is 37.8 Å². The quantitative estimate of drug-likeness (QED) is 0.387. The van der Waals surface area contributed by atoms with Gasteiger partial charge >= 0.3 is 11.9 Å². The van der Waals surface area contributed by atoms with Crippen molar-refractivity contribution >= 4 is 39.3 Å². The molecule has 3 rings (SSSR count). The smallest absolute Gasteiger partial charge is 0.336 e. The highest BCUT2D eigenvalue weighted by molar-refractivity contribution is 7.91. The van der Waals surface area contributed by atoms with Crippen LogP contribution in [0.5, 0.6) is 0 Å². The van der Waals surface area contributed by atoms with E-state index in [9.17, 15) is 37.8 Å². The lowest BCUT2D eigenvalue weighted by Crippen LogP contribution is -2.24. The number of benzene rings is 3. The molecule has 3 aromatic rings. The van der Waals surface area contributed by atoms with Crippen molar-refractivity contribution in [3.05, 3.63) is 88.5 Å². The maximum atomic E-state index is 12.8. The Morgan fingerprint density at radius 2 is 1.11 bits per heavy atom. The Kier molecular flexibility index (Phi) is 7.01. The summed E-state index contributed by atoms with van der Waals surface area (Å²) in [7, 11) is -2.54. The molecule has 11 heteroatoms. The fourth-order valence-electron chi connectivity index (χ4n) is 3.23. The third kappa shape index (κ3) is 5.20. The summed E-state index contributed by atoms with van der Waals surface area (Å²) in [5, 5.41) is 23.5. The number of amides is 2. The van der Waals surface area contributed by atoms with Gasteiger partial charge in [0.1, 0.15) is 0 Å². The monoisotopic (exact) mass is 496 g/mol. The zero-order chi connectivity index (χ0) is 25.9. The third-order valence-corrected chi connectivity index (χ3v) is 6.87. The molecule has 3 aromatic carbocycles. The molecule has 0 heterocycles. The number of carboxylic acids is 2. The van der Waals surface area contributed by atoms with Crippen LogP contribution in [0.4, 0.5) is 5.69 Å². The van der Waals surface area contributed by atoms with Gasteiger partial charge in [-0.2, -0.15) is 0 Å². The van der Waals surface area contributed by atoms with E-state index >= 15 is 0 Å². The SMILES string of the molecule is CNC(=O)c1cc(C(=O)Nc2ccc(S(=O)(=O)c3ccc(C)cc3)cc2)c(C(=O)O)cc1C(=O)O. The molecule has 0 unspecified atom stereocenters. The Balaban J connectivity index is 1.95. The molecule has 0 saturated heterocycles. The van der Waals surface area contributed by atoms with Crippen molar-refractivity contribution in [1.29, 1.82) is 0 Å². The number of sulfone groups is 1. The Morgan fingerprint density at radius 1 is 0.686 bits per heavy atom. The van der Waals surface area contributed by atoms with Crippen molar-refractivity contribution in [2.75, 3.05) is 12.4 Å². The van der Waals surface area contributed by atoms with Gasteiger partial charge in [0.25, 0.3) is 11.8 Å². The van der Waals surface area contributed by atoms with Gasteiger partial charge in [0.15, 0.2) is 0 Å². The van der Waals surface area contributed by atoms with Crippen LogP contribution in [0.1, 0.15) is 47.0 Å². The maximum Gasteiger partial charge on any atom is 0.336 e. The molecule has 0 aliphatic rings. The number of carboxylic acid groups (broad SMARTS) is 2. The summed E-state index contributed by atoms with van der Waals surface area (Å²) >= 11 is 0. The standard InChI is InChI=1S/C24H20N2O8S/c1-13-3-7-15(8-4-13)35(33,34)16-9-5-14(6-10-16)26-22(28)18-11-17(21(27)25-2)19(23(29)30)12-20(18)24(31)32/h3-12H,1-2H3,(H,25,27)(H,26,28)(H,29,30)(H,31,32). The van der Waals surface area contributed by atoms with Crippen LogP contribution in [-0.2, 0) is 9.84 Å². The summed E-state index contributed by atoms with van der Waals surface area (Å²) in [5.41, 5.74) is -0.987. The van der Waals surface area contributed by atoms with Crippen LogP contribution in [0.2, 0.25) is 0 Å². The molecule has 4 N–H and O–H groups in total. The summed E-state index contributed by atoms with van der Waals surface area (Å²) in [6, 6.07) is 13.2. The van der Waals surface area contributed by atoms with Crippen LogP contribution in [-0.4, -0.2) is 49.4 Å². The average molecular weight is 496 g/mol. The average Bonchev–Trinajstić information content (AvgIpc) is 2.83.